The topological polar surface area (TPSA) is 43.4 Å². The third-order valence-electron chi connectivity index (χ3n) is 3.20. The first-order chi connectivity index (χ1) is 9.83. The molecule has 3 nitrogen and oxygen atoms in total. The first-order valence-electron chi connectivity index (χ1n) is 7.46. The Bertz CT molecular complexity index is 373. The molecule has 0 aliphatic carbocycles. The number of hydrogen-bond donors (Lipinski definition) is 0. The average Bonchev–Trinajstić information content (AvgIpc) is 2.49. The molecule has 0 fully saturated rings. The van der Waals surface area contributed by atoms with E-state index in [1.807, 2.05) is 30.3 Å². The fourth-order valence-electron chi connectivity index (χ4n) is 2.01. The number of hydrogen-bond acceptors (Lipinski definition) is 3. The molecule has 0 spiro atoms. The molecule has 1 rings (SSSR count). The number of esters is 1. The van der Waals surface area contributed by atoms with Crippen LogP contribution < -0.4 is 0 Å². The van der Waals surface area contributed by atoms with Crippen LogP contribution in [0, 0.1) is 0 Å². The van der Waals surface area contributed by atoms with E-state index >= 15 is 0 Å². The first-order valence-corrected chi connectivity index (χ1v) is 7.46. The summed E-state index contributed by atoms with van der Waals surface area (Å²) >= 11 is 0. The van der Waals surface area contributed by atoms with Crippen LogP contribution in [0.5, 0.6) is 0 Å². The largest absolute Gasteiger partial charge is 0.461 e. The number of ether oxygens (including phenoxy) is 1. The van der Waals surface area contributed by atoms with Crippen molar-refractivity contribution in [2.24, 2.45) is 0 Å². The third kappa shape index (κ3) is 8.46. The van der Waals surface area contributed by atoms with Gasteiger partial charge in [-0.3, -0.25) is 4.79 Å². The van der Waals surface area contributed by atoms with Crippen LogP contribution in [0.3, 0.4) is 0 Å². The van der Waals surface area contributed by atoms with E-state index in [1.165, 1.54) is 0 Å². The maximum absolute atomic E-state index is 11.5. The highest BCUT2D eigenvalue weighted by atomic mass is 16.5. The van der Waals surface area contributed by atoms with Gasteiger partial charge in [0.25, 0.3) is 0 Å². The summed E-state index contributed by atoms with van der Waals surface area (Å²) in [6, 6.07) is 9.72. The minimum atomic E-state index is -0.116. The Labute approximate surface area is 121 Å². The molecule has 0 radical (unpaired) electrons. The van der Waals surface area contributed by atoms with Crippen molar-refractivity contribution in [2.75, 3.05) is 0 Å². The predicted octanol–water partition coefficient (Wildman–Crippen LogP) is 4.05. The van der Waals surface area contributed by atoms with E-state index < -0.39 is 0 Å². The van der Waals surface area contributed by atoms with E-state index in [-0.39, 0.29) is 5.97 Å². The zero-order valence-electron chi connectivity index (χ0n) is 12.1. The third-order valence-corrected chi connectivity index (χ3v) is 3.20. The summed E-state index contributed by atoms with van der Waals surface area (Å²) in [5.74, 6) is -0.116. The summed E-state index contributed by atoms with van der Waals surface area (Å²) in [5, 5.41) is 0. The molecule has 0 amide bonds. The van der Waals surface area contributed by atoms with Gasteiger partial charge in [-0.2, -0.15) is 0 Å². The van der Waals surface area contributed by atoms with E-state index in [4.69, 9.17) is 4.74 Å². The van der Waals surface area contributed by atoms with Crippen LogP contribution in [-0.2, 0) is 20.9 Å². The molecule has 0 heterocycles. The summed E-state index contributed by atoms with van der Waals surface area (Å²) in [6.07, 6.45) is 8.47. The molecule has 1 aromatic carbocycles. The second-order valence-corrected chi connectivity index (χ2v) is 4.97. The Morgan fingerprint density at radius 3 is 2.30 bits per heavy atom. The normalized spacial score (nSPS) is 10.2. The molecular formula is C17H24O3. The van der Waals surface area contributed by atoms with Gasteiger partial charge >= 0.3 is 5.97 Å². The molecule has 20 heavy (non-hydrogen) atoms. The second kappa shape index (κ2) is 11.2. The molecule has 1 aromatic rings. The van der Waals surface area contributed by atoms with E-state index in [0.717, 1.165) is 50.4 Å². The number of carbonyl (C=O) groups excluding carboxylic acids is 2. The summed E-state index contributed by atoms with van der Waals surface area (Å²) in [6.45, 7) is 0.366. The summed E-state index contributed by atoms with van der Waals surface area (Å²) < 4.78 is 5.21. The minimum Gasteiger partial charge on any atom is -0.461 e. The Morgan fingerprint density at radius 2 is 1.60 bits per heavy atom. The van der Waals surface area contributed by atoms with Crippen LogP contribution >= 0.6 is 0 Å². The predicted molar refractivity (Wildman–Crippen MR) is 79.2 cm³/mol. The van der Waals surface area contributed by atoms with Crippen LogP contribution in [0.2, 0.25) is 0 Å². The lowest BCUT2D eigenvalue weighted by atomic mass is 10.1. The quantitative estimate of drug-likeness (QED) is 0.348. The molecule has 0 atom stereocenters. The van der Waals surface area contributed by atoms with Gasteiger partial charge in [0.05, 0.1) is 0 Å². The van der Waals surface area contributed by atoms with Gasteiger partial charge in [0.2, 0.25) is 0 Å². The van der Waals surface area contributed by atoms with Crippen LogP contribution in [0.25, 0.3) is 0 Å². The molecule has 0 bridgehead atoms. The van der Waals surface area contributed by atoms with Crippen molar-refractivity contribution >= 4 is 12.3 Å². The van der Waals surface area contributed by atoms with Crippen molar-refractivity contribution in [1.82, 2.24) is 0 Å². The smallest absolute Gasteiger partial charge is 0.306 e. The second-order valence-electron chi connectivity index (χ2n) is 4.97. The van der Waals surface area contributed by atoms with E-state index in [0.29, 0.717) is 19.4 Å². The summed E-state index contributed by atoms with van der Waals surface area (Å²) in [7, 11) is 0. The fraction of sp³-hybridized carbons (Fsp3) is 0.529. The van der Waals surface area contributed by atoms with Crippen molar-refractivity contribution < 1.29 is 14.3 Å². The summed E-state index contributed by atoms with van der Waals surface area (Å²) in [4.78, 5) is 21.7. The molecule has 0 saturated heterocycles. The van der Waals surface area contributed by atoms with Gasteiger partial charge in [-0.1, -0.05) is 56.0 Å². The molecule has 0 N–H and O–H groups in total. The zero-order valence-corrected chi connectivity index (χ0v) is 12.1. The van der Waals surface area contributed by atoms with E-state index in [9.17, 15) is 9.59 Å². The van der Waals surface area contributed by atoms with Gasteiger partial charge < -0.3 is 9.53 Å². The van der Waals surface area contributed by atoms with Gasteiger partial charge in [-0.05, 0) is 18.4 Å². The molecule has 0 aromatic heterocycles. The fourth-order valence-corrected chi connectivity index (χ4v) is 2.01. The SMILES string of the molecule is O=CCCCCCCCCC(=O)OCc1ccccc1. The molecule has 0 saturated carbocycles. The van der Waals surface area contributed by atoms with Crippen LogP contribution in [0.1, 0.15) is 56.9 Å². The number of unbranched alkanes of at least 4 members (excludes halogenated alkanes) is 6. The standard InChI is InChI=1S/C17H24O3/c18-14-10-5-3-1-2-4-9-13-17(19)20-15-16-11-7-6-8-12-16/h6-8,11-12,14H,1-5,9-10,13,15H2. The van der Waals surface area contributed by atoms with Gasteiger partial charge in [0.1, 0.15) is 12.9 Å². The van der Waals surface area contributed by atoms with Crippen LogP contribution in [-0.4, -0.2) is 12.3 Å². The van der Waals surface area contributed by atoms with Crippen molar-refractivity contribution in [3.05, 3.63) is 35.9 Å². The summed E-state index contributed by atoms with van der Waals surface area (Å²) in [5.41, 5.74) is 1.02. The lowest BCUT2D eigenvalue weighted by Crippen LogP contribution is -2.04. The number of aldehydes is 1. The van der Waals surface area contributed by atoms with Crippen LogP contribution in [0.4, 0.5) is 0 Å². The monoisotopic (exact) mass is 276 g/mol. The van der Waals surface area contributed by atoms with Crippen molar-refractivity contribution in [2.45, 2.75) is 58.0 Å². The van der Waals surface area contributed by atoms with Crippen LogP contribution in [0.15, 0.2) is 30.3 Å². The Balaban J connectivity index is 1.94. The van der Waals surface area contributed by atoms with Gasteiger partial charge in [-0.15, -0.1) is 0 Å². The number of rotatable bonds is 11. The van der Waals surface area contributed by atoms with Crippen molar-refractivity contribution in [3.63, 3.8) is 0 Å². The van der Waals surface area contributed by atoms with Crippen molar-refractivity contribution in [1.29, 1.82) is 0 Å². The average molecular weight is 276 g/mol. The minimum absolute atomic E-state index is 0.116. The molecule has 0 aliphatic rings. The lowest BCUT2D eigenvalue weighted by molar-refractivity contribution is -0.145. The first kappa shape index (κ1) is 16.4. The Morgan fingerprint density at radius 1 is 0.950 bits per heavy atom. The van der Waals surface area contributed by atoms with Gasteiger partial charge in [0.15, 0.2) is 0 Å². The Kier molecular flexibility index (Phi) is 9.20. The molecular weight excluding hydrogens is 252 g/mol. The number of benzene rings is 1. The highest BCUT2D eigenvalue weighted by molar-refractivity contribution is 5.69. The molecule has 0 unspecified atom stereocenters. The lowest BCUT2D eigenvalue weighted by Gasteiger charge is -2.05. The van der Waals surface area contributed by atoms with Gasteiger partial charge in [-0.25, -0.2) is 0 Å². The van der Waals surface area contributed by atoms with E-state index in [2.05, 4.69) is 0 Å². The molecule has 3 heteroatoms. The van der Waals surface area contributed by atoms with Crippen molar-refractivity contribution in [3.8, 4) is 0 Å². The highest BCUT2D eigenvalue weighted by Crippen LogP contribution is 2.09. The van der Waals surface area contributed by atoms with Gasteiger partial charge in [0, 0.05) is 12.8 Å². The number of carbonyl (C=O) groups is 2. The molecule has 0 aliphatic heterocycles. The highest BCUT2D eigenvalue weighted by Gasteiger charge is 2.03. The zero-order chi connectivity index (χ0) is 14.5. The maximum Gasteiger partial charge on any atom is 0.306 e. The van der Waals surface area contributed by atoms with E-state index in [1.54, 1.807) is 0 Å². The maximum atomic E-state index is 11.5. The Hall–Kier alpha value is -1.64. The molecule has 110 valence electrons.